The highest BCUT2D eigenvalue weighted by atomic mass is 32.1. The molecule has 5 heteroatoms. The Morgan fingerprint density at radius 3 is 2.44 bits per heavy atom. The summed E-state index contributed by atoms with van der Waals surface area (Å²) < 4.78 is 0. The number of nitrogens with two attached hydrogens (primary N) is 1. The summed E-state index contributed by atoms with van der Waals surface area (Å²) in [5.74, 6) is -0.907. The van der Waals surface area contributed by atoms with E-state index in [-0.39, 0.29) is 0 Å². The van der Waals surface area contributed by atoms with E-state index in [0.29, 0.717) is 17.1 Å². The third kappa shape index (κ3) is 4.81. The van der Waals surface area contributed by atoms with Crippen LogP contribution in [0.15, 0.2) is 24.3 Å². The SMILES string of the molecule is CCCN(CC(N)=S)Cc1ccc(C(=O)O)cc1. The zero-order valence-corrected chi connectivity index (χ0v) is 11.2. The number of carboxylic acid groups (broad SMARTS) is 1. The quantitative estimate of drug-likeness (QED) is 0.738. The lowest BCUT2D eigenvalue weighted by molar-refractivity contribution is 0.0697. The molecule has 0 atom stereocenters. The highest BCUT2D eigenvalue weighted by Gasteiger charge is 2.07. The zero-order chi connectivity index (χ0) is 13.5. The average Bonchev–Trinajstić information content (AvgIpc) is 2.29. The summed E-state index contributed by atoms with van der Waals surface area (Å²) in [6.45, 7) is 4.33. The van der Waals surface area contributed by atoms with E-state index in [2.05, 4.69) is 11.8 Å². The fraction of sp³-hybridized carbons (Fsp3) is 0.385. The Bertz CT molecular complexity index is 418. The number of rotatable bonds is 7. The first-order valence-corrected chi connectivity index (χ1v) is 6.26. The Hall–Kier alpha value is -1.46. The summed E-state index contributed by atoms with van der Waals surface area (Å²) >= 11 is 4.92. The van der Waals surface area contributed by atoms with Crippen LogP contribution < -0.4 is 5.73 Å². The molecule has 0 aliphatic carbocycles. The fourth-order valence-electron chi connectivity index (χ4n) is 1.76. The van der Waals surface area contributed by atoms with Crippen LogP contribution in [-0.4, -0.2) is 34.1 Å². The Kier molecular flexibility index (Phi) is 5.74. The number of carboxylic acids is 1. The summed E-state index contributed by atoms with van der Waals surface area (Å²) in [5.41, 5.74) is 6.91. The van der Waals surface area contributed by atoms with E-state index in [1.54, 1.807) is 12.1 Å². The number of aromatic carboxylic acids is 1. The van der Waals surface area contributed by atoms with Crippen molar-refractivity contribution in [2.24, 2.45) is 5.73 Å². The van der Waals surface area contributed by atoms with E-state index < -0.39 is 5.97 Å². The van der Waals surface area contributed by atoms with Gasteiger partial charge in [0.1, 0.15) is 0 Å². The average molecular weight is 266 g/mol. The molecule has 0 aromatic heterocycles. The zero-order valence-electron chi connectivity index (χ0n) is 10.4. The molecule has 0 radical (unpaired) electrons. The van der Waals surface area contributed by atoms with Gasteiger partial charge in [-0.3, -0.25) is 4.90 Å². The minimum Gasteiger partial charge on any atom is -0.478 e. The molecular weight excluding hydrogens is 248 g/mol. The third-order valence-electron chi connectivity index (χ3n) is 2.53. The van der Waals surface area contributed by atoms with E-state index in [1.165, 1.54) is 0 Å². The largest absolute Gasteiger partial charge is 0.478 e. The van der Waals surface area contributed by atoms with Crippen molar-refractivity contribution in [3.05, 3.63) is 35.4 Å². The Morgan fingerprint density at radius 2 is 2.00 bits per heavy atom. The van der Waals surface area contributed by atoms with Crippen molar-refractivity contribution < 1.29 is 9.90 Å². The van der Waals surface area contributed by atoms with Gasteiger partial charge >= 0.3 is 5.97 Å². The van der Waals surface area contributed by atoms with Crippen molar-refractivity contribution in [2.45, 2.75) is 19.9 Å². The maximum Gasteiger partial charge on any atom is 0.335 e. The number of nitrogens with zero attached hydrogens (tertiary/aromatic N) is 1. The van der Waals surface area contributed by atoms with Crippen LogP contribution in [0.5, 0.6) is 0 Å². The smallest absolute Gasteiger partial charge is 0.335 e. The van der Waals surface area contributed by atoms with Crippen LogP contribution in [0.1, 0.15) is 29.3 Å². The minimum absolute atomic E-state index is 0.301. The van der Waals surface area contributed by atoms with Gasteiger partial charge in [-0.1, -0.05) is 31.3 Å². The summed E-state index contributed by atoms with van der Waals surface area (Å²) in [7, 11) is 0. The van der Waals surface area contributed by atoms with Crippen LogP contribution >= 0.6 is 12.2 Å². The van der Waals surface area contributed by atoms with Crippen molar-refractivity contribution in [3.8, 4) is 0 Å². The van der Waals surface area contributed by atoms with E-state index >= 15 is 0 Å². The second kappa shape index (κ2) is 7.08. The predicted octanol–water partition coefficient (Wildman–Crippen LogP) is 1.88. The van der Waals surface area contributed by atoms with Crippen LogP contribution in [-0.2, 0) is 6.54 Å². The number of hydrogen-bond donors (Lipinski definition) is 2. The van der Waals surface area contributed by atoms with Crippen molar-refractivity contribution in [2.75, 3.05) is 13.1 Å². The van der Waals surface area contributed by atoms with Gasteiger partial charge in [0.2, 0.25) is 0 Å². The number of carbonyl (C=O) groups is 1. The van der Waals surface area contributed by atoms with Crippen LogP contribution in [0, 0.1) is 0 Å². The maximum absolute atomic E-state index is 10.7. The van der Waals surface area contributed by atoms with Gasteiger partial charge in [-0.15, -0.1) is 0 Å². The van der Waals surface area contributed by atoms with Crippen molar-refractivity contribution in [1.82, 2.24) is 4.90 Å². The molecule has 0 amide bonds. The summed E-state index contributed by atoms with van der Waals surface area (Å²) in [5, 5.41) is 8.82. The number of hydrogen-bond acceptors (Lipinski definition) is 3. The Balaban J connectivity index is 2.68. The lowest BCUT2D eigenvalue weighted by Gasteiger charge is -2.21. The van der Waals surface area contributed by atoms with Crippen LogP contribution in [0.2, 0.25) is 0 Å². The lowest BCUT2D eigenvalue weighted by Crippen LogP contribution is -2.32. The van der Waals surface area contributed by atoms with E-state index in [0.717, 1.165) is 25.1 Å². The third-order valence-corrected chi connectivity index (χ3v) is 2.66. The van der Waals surface area contributed by atoms with Crippen molar-refractivity contribution >= 4 is 23.2 Å². The van der Waals surface area contributed by atoms with Gasteiger partial charge in [0.05, 0.1) is 10.6 Å². The molecule has 0 heterocycles. The molecule has 3 N–H and O–H groups in total. The monoisotopic (exact) mass is 266 g/mol. The maximum atomic E-state index is 10.7. The molecule has 0 unspecified atom stereocenters. The minimum atomic E-state index is -0.907. The number of thiocarbonyl (C=S) groups is 1. The van der Waals surface area contributed by atoms with Gasteiger partial charge < -0.3 is 10.8 Å². The molecule has 98 valence electrons. The van der Waals surface area contributed by atoms with Gasteiger partial charge in [-0.2, -0.15) is 0 Å². The molecule has 1 aromatic rings. The summed E-state index contributed by atoms with van der Waals surface area (Å²) in [6.07, 6.45) is 1.02. The molecule has 0 spiro atoms. The lowest BCUT2D eigenvalue weighted by atomic mass is 10.1. The molecule has 0 bridgehead atoms. The number of benzene rings is 1. The molecule has 1 aromatic carbocycles. The molecule has 4 nitrogen and oxygen atoms in total. The predicted molar refractivity (Wildman–Crippen MR) is 75.8 cm³/mol. The van der Waals surface area contributed by atoms with Crippen LogP contribution in [0.25, 0.3) is 0 Å². The van der Waals surface area contributed by atoms with Gasteiger partial charge in [0, 0.05) is 13.1 Å². The normalized spacial score (nSPS) is 10.6. The topological polar surface area (TPSA) is 66.6 Å². The Morgan fingerprint density at radius 1 is 1.39 bits per heavy atom. The molecule has 0 aliphatic rings. The fourth-order valence-corrected chi connectivity index (χ4v) is 1.94. The van der Waals surface area contributed by atoms with E-state index in [9.17, 15) is 4.79 Å². The van der Waals surface area contributed by atoms with E-state index in [1.807, 2.05) is 12.1 Å². The molecule has 1 rings (SSSR count). The van der Waals surface area contributed by atoms with Crippen molar-refractivity contribution in [1.29, 1.82) is 0 Å². The van der Waals surface area contributed by atoms with Crippen LogP contribution in [0.4, 0.5) is 0 Å². The molecule has 18 heavy (non-hydrogen) atoms. The highest BCUT2D eigenvalue weighted by Crippen LogP contribution is 2.08. The van der Waals surface area contributed by atoms with Gasteiger partial charge in [0.25, 0.3) is 0 Å². The Labute approximate surface area is 112 Å². The van der Waals surface area contributed by atoms with Gasteiger partial charge in [0.15, 0.2) is 0 Å². The second-order valence-corrected chi connectivity index (χ2v) is 4.70. The summed E-state index contributed by atoms with van der Waals surface area (Å²) in [6, 6.07) is 6.88. The van der Waals surface area contributed by atoms with Gasteiger partial charge in [-0.25, -0.2) is 4.79 Å². The molecule has 0 aliphatic heterocycles. The first-order valence-electron chi connectivity index (χ1n) is 5.85. The first kappa shape index (κ1) is 14.6. The highest BCUT2D eigenvalue weighted by molar-refractivity contribution is 7.80. The van der Waals surface area contributed by atoms with E-state index in [4.69, 9.17) is 23.1 Å². The summed E-state index contributed by atoms with van der Waals surface area (Å²) in [4.78, 5) is 13.4. The molecule has 0 saturated carbocycles. The van der Waals surface area contributed by atoms with Crippen molar-refractivity contribution in [3.63, 3.8) is 0 Å². The molecule has 0 saturated heterocycles. The van der Waals surface area contributed by atoms with Gasteiger partial charge in [-0.05, 0) is 30.7 Å². The molecular formula is C13H18N2O2S. The molecule has 0 fully saturated rings. The standard InChI is InChI=1S/C13H18N2O2S/c1-2-7-15(9-12(14)18)8-10-3-5-11(6-4-10)13(16)17/h3-6H,2,7-9H2,1H3,(H2,14,18)(H,16,17). The van der Waals surface area contributed by atoms with Crippen LogP contribution in [0.3, 0.4) is 0 Å². The second-order valence-electron chi connectivity index (χ2n) is 4.18. The first-order chi connectivity index (χ1) is 8.52.